The molecule has 2 aliphatic rings. The molecular weight excluding hydrogens is 635 g/mol. The van der Waals surface area contributed by atoms with Crippen LogP contribution in [0.15, 0.2) is 185 Å². The Balaban J connectivity index is 1.15. The number of rotatable bonds is 6. The molecule has 0 saturated heterocycles. The minimum Gasteiger partial charge on any atom is -0.456 e. The number of benzene rings is 8. The molecule has 0 radical (unpaired) electrons. The zero-order valence-corrected chi connectivity index (χ0v) is 28.2. The van der Waals surface area contributed by atoms with Crippen LogP contribution in [0.2, 0.25) is 0 Å². The van der Waals surface area contributed by atoms with Crippen LogP contribution in [0.25, 0.3) is 77.3 Å². The van der Waals surface area contributed by atoms with Crippen molar-refractivity contribution in [3.05, 3.63) is 187 Å². The molecule has 0 amide bonds. The highest BCUT2D eigenvalue weighted by atomic mass is 16.3. The second-order valence-electron chi connectivity index (χ2n) is 13.7. The maximum Gasteiger partial charge on any atom is 0.137 e. The largest absolute Gasteiger partial charge is 0.456 e. The van der Waals surface area contributed by atoms with Crippen molar-refractivity contribution in [2.75, 3.05) is 4.90 Å². The lowest BCUT2D eigenvalue weighted by Gasteiger charge is -2.29. The van der Waals surface area contributed by atoms with Crippen molar-refractivity contribution in [2.24, 2.45) is 0 Å². The lowest BCUT2D eigenvalue weighted by molar-refractivity contribution is 0.668. The Bertz CT molecular complexity index is 2980. The number of fused-ring (bicyclic) bond motifs is 8. The summed E-state index contributed by atoms with van der Waals surface area (Å²) >= 11 is 0. The molecule has 2 bridgehead atoms. The number of furan rings is 2. The molecule has 0 N–H and O–H groups in total. The second-order valence-corrected chi connectivity index (χ2v) is 13.7. The van der Waals surface area contributed by atoms with E-state index in [1.807, 2.05) is 18.2 Å². The van der Waals surface area contributed by atoms with Gasteiger partial charge in [0.2, 0.25) is 0 Å². The minimum absolute atomic E-state index is 0.864. The van der Waals surface area contributed by atoms with Crippen LogP contribution >= 0.6 is 0 Å². The van der Waals surface area contributed by atoms with Gasteiger partial charge in [-0.05, 0) is 100.0 Å². The molecule has 0 unspecified atom stereocenters. The lowest BCUT2D eigenvalue weighted by Crippen LogP contribution is -2.12. The van der Waals surface area contributed by atoms with E-state index in [1.165, 1.54) is 27.8 Å². The van der Waals surface area contributed by atoms with Gasteiger partial charge in [-0.2, -0.15) is 0 Å². The summed E-state index contributed by atoms with van der Waals surface area (Å²) in [5.41, 5.74) is 16.7. The molecule has 2 aliphatic carbocycles. The molecule has 3 nitrogen and oxygen atoms in total. The summed E-state index contributed by atoms with van der Waals surface area (Å²) < 4.78 is 12.7. The van der Waals surface area contributed by atoms with Crippen molar-refractivity contribution in [3.8, 4) is 33.4 Å². The van der Waals surface area contributed by atoms with Gasteiger partial charge in [-0.1, -0.05) is 121 Å². The molecule has 0 aliphatic heterocycles. The third-order valence-electron chi connectivity index (χ3n) is 10.7. The number of para-hydroxylation sites is 2. The lowest BCUT2D eigenvalue weighted by atomic mass is 9.84. The van der Waals surface area contributed by atoms with Gasteiger partial charge >= 0.3 is 0 Å². The molecule has 0 atom stereocenters. The topological polar surface area (TPSA) is 29.5 Å². The Hall–Kier alpha value is -6.84. The van der Waals surface area contributed by atoms with Crippen LogP contribution in [-0.4, -0.2) is 0 Å². The van der Waals surface area contributed by atoms with Gasteiger partial charge in [-0.15, -0.1) is 0 Å². The predicted molar refractivity (Wildman–Crippen MR) is 215 cm³/mol. The third kappa shape index (κ3) is 4.46. The summed E-state index contributed by atoms with van der Waals surface area (Å²) in [6, 6.07) is 62.8. The maximum atomic E-state index is 6.44. The van der Waals surface area contributed by atoms with Crippen molar-refractivity contribution < 1.29 is 8.83 Å². The van der Waals surface area contributed by atoms with Gasteiger partial charge in [-0.25, -0.2) is 0 Å². The molecule has 10 aromatic rings. The van der Waals surface area contributed by atoms with E-state index in [0.29, 0.717) is 0 Å². The van der Waals surface area contributed by atoms with Gasteiger partial charge in [0.15, 0.2) is 0 Å². The zero-order chi connectivity index (χ0) is 34.2. The van der Waals surface area contributed by atoms with Crippen LogP contribution in [0, 0.1) is 0 Å². The van der Waals surface area contributed by atoms with Crippen LogP contribution in [-0.2, 0) is 6.42 Å². The fourth-order valence-electron chi connectivity index (χ4n) is 8.18. The van der Waals surface area contributed by atoms with Crippen LogP contribution in [0.5, 0.6) is 0 Å². The van der Waals surface area contributed by atoms with Gasteiger partial charge < -0.3 is 13.7 Å². The molecule has 0 saturated carbocycles. The predicted octanol–water partition coefficient (Wildman–Crippen LogP) is 13.9. The van der Waals surface area contributed by atoms with E-state index in [1.54, 1.807) is 0 Å². The monoisotopic (exact) mass is 665 g/mol. The summed E-state index contributed by atoms with van der Waals surface area (Å²) in [7, 11) is 0. The van der Waals surface area contributed by atoms with Crippen LogP contribution < -0.4 is 4.90 Å². The van der Waals surface area contributed by atoms with E-state index < -0.39 is 0 Å². The first-order valence-corrected chi connectivity index (χ1v) is 17.8. The summed E-state index contributed by atoms with van der Waals surface area (Å²) in [6.07, 6.45) is 1.05. The van der Waals surface area contributed by atoms with Crippen molar-refractivity contribution in [2.45, 2.75) is 6.42 Å². The molecule has 52 heavy (non-hydrogen) atoms. The molecule has 0 spiro atoms. The standard InChI is InChI=1S/C49H31NO2/c1-2-10-32(11-3-1)41-30-34(37-26-20-31-28-35(37)29-31)23-27-42(41)50(43-15-9-19-47-49(43)40-13-5-7-17-45(40)52-47)36-24-21-33(22-25-36)38-14-8-18-46-48(38)39-12-4-6-16-44(39)51-46/h1-28,30H,29H2. The van der Waals surface area contributed by atoms with Crippen molar-refractivity contribution in [1.82, 2.24) is 0 Å². The molecule has 0 fully saturated rings. The van der Waals surface area contributed by atoms with Crippen LogP contribution in [0.4, 0.5) is 17.1 Å². The first-order chi connectivity index (χ1) is 25.8. The van der Waals surface area contributed by atoms with Crippen molar-refractivity contribution in [1.29, 1.82) is 0 Å². The smallest absolute Gasteiger partial charge is 0.137 e. The van der Waals surface area contributed by atoms with E-state index in [2.05, 4.69) is 163 Å². The van der Waals surface area contributed by atoms with E-state index >= 15 is 0 Å². The normalized spacial score (nSPS) is 12.2. The average Bonchev–Trinajstić information content (AvgIpc) is 3.78. The average molecular weight is 666 g/mol. The van der Waals surface area contributed by atoms with Gasteiger partial charge in [0.25, 0.3) is 0 Å². The van der Waals surface area contributed by atoms with Crippen LogP contribution in [0.1, 0.15) is 11.1 Å². The third-order valence-corrected chi connectivity index (χ3v) is 10.7. The first-order valence-electron chi connectivity index (χ1n) is 17.8. The fraction of sp³-hybridized carbons (Fsp3) is 0.0204. The summed E-state index contributed by atoms with van der Waals surface area (Å²) in [4.78, 5) is 2.41. The summed E-state index contributed by atoms with van der Waals surface area (Å²) in [6.45, 7) is 0. The van der Waals surface area contributed by atoms with E-state index in [9.17, 15) is 0 Å². The number of hydrogen-bond donors (Lipinski definition) is 0. The van der Waals surface area contributed by atoms with E-state index in [4.69, 9.17) is 8.83 Å². The Labute approximate surface area is 300 Å². The van der Waals surface area contributed by atoms with Gasteiger partial charge in [0.05, 0.1) is 16.8 Å². The van der Waals surface area contributed by atoms with Gasteiger partial charge in [0.1, 0.15) is 22.3 Å². The Kier molecular flexibility index (Phi) is 6.31. The molecule has 8 aromatic carbocycles. The maximum absolute atomic E-state index is 6.44. The first kappa shape index (κ1) is 28.9. The molecule has 3 heteroatoms. The highest BCUT2D eigenvalue weighted by Crippen LogP contribution is 2.48. The van der Waals surface area contributed by atoms with Gasteiger partial charge in [-0.3, -0.25) is 0 Å². The van der Waals surface area contributed by atoms with E-state index in [0.717, 1.165) is 84.1 Å². The second kappa shape index (κ2) is 11.3. The molecule has 2 heterocycles. The summed E-state index contributed by atoms with van der Waals surface area (Å²) in [5, 5.41) is 4.45. The molecule has 2 aromatic heterocycles. The van der Waals surface area contributed by atoms with Crippen molar-refractivity contribution >= 4 is 60.9 Å². The number of nitrogens with zero attached hydrogens (tertiary/aromatic N) is 1. The molecule has 244 valence electrons. The number of anilines is 3. The minimum atomic E-state index is 0.864. The van der Waals surface area contributed by atoms with Crippen molar-refractivity contribution in [3.63, 3.8) is 0 Å². The zero-order valence-electron chi connectivity index (χ0n) is 28.2. The SMILES string of the molecule is c1ccc(-c2cc(-c3ccc4cc3C4)ccc2N(c2ccc(-c3cccc4oc5ccccc5c34)cc2)c2cccc3oc4ccccc4c23)cc1. The van der Waals surface area contributed by atoms with Crippen LogP contribution in [0.3, 0.4) is 0 Å². The highest BCUT2D eigenvalue weighted by Gasteiger charge is 2.24. The van der Waals surface area contributed by atoms with E-state index in [-0.39, 0.29) is 0 Å². The quantitative estimate of drug-likeness (QED) is 0.177. The molecule has 12 rings (SSSR count). The fourth-order valence-corrected chi connectivity index (χ4v) is 8.18. The Morgan fingerprint density at radius 1 is 0.385 bits per heavy atom. The number of hydrogen-bond acceptors (Lipinski definition) is 3. The Morgan fingerprint density at radius 3 is 1.73 bits per heavy atom. The molecular formula is C49H31NO2. The highest BCUT2D eigenvalue weighted by molar-refractivity contribution is 6.15. The summed E-state index contributed by atoms with van der Waals surface area (Å²) in [5.74, 6) is 0. The van der Waals surface area contributed by atoms with Gasteiger partial charge in [0, 0.05) is 27.4 Å². The Morgan fingerprint density at radius 2 is 1.00 bits per heavy atom.